The van der Waals surface area contributed by atoms with Crippen LogP contribution in [0.15, 0.2) is 30.3 Å². The van der Waals surface area contributed by atoms with Gasteiger partial charge in [0.15, 0.2) is 0 Å². The summed E-state index contributed by atoms with van der Waals surface area (Å²) in [5.74, 6) is -0.0512. The predicted octanol–water partition coefficient (Wildman–Crippen LogP) is 1.73. The number of rotatable bonds is 16. The van der Waals surface area contributed by atoms with Crippen molar-refractivity contribution >= 4 is 12.2 Å². The maximum atomic E-state index is 11.8. The molecule has 0 aliphatic carbocycles. The third-order valence-electron chi connectivity index (χ3n) is 3.80. The van der Waals surface area contributed by atoms with Gasteiger partial charge in [-0.1, -0.05) is 43.7 Å². The van der Waals surface area contributed by atoms with Crippen LogP contribution < -0.4 is 10.6 Å². The second-order valence-corrected chi connectivity index (χ2v) is 6.06. The number of hydrogen-bond acceptors (Lipinski definition) is 5. The van der Waals surface area contributed by atoms with E-state index in [1.54, 1.807) is 0 Å². The summed E-state index contributed by atoms with van der Waals surface area (Å²) in [4.78, 5) is 22.9. The molecule has 1 amide bonds. The predicted molar refractivity (Wildman–Crippen MR) is 102 cm³/mol. The van der Waals surface area contributed by atoms with E-state index in [-0.39, 0.29) is 11.9 Å². The molecule has 1 rings (SSSR count). The molecule has 0 bridgehead atoms. The van der Waals surface area contributed by atoms with Crippen LogP contribution in [0.4, 0.5) is 0 Å². The molecule has 1 aromatic rings. The minimum absolute atomic E-state index is 0.0512. The minimum Gasteiger partial charge on any atom is -0.379 e. The van der Waals surface area contributed by atoms with Crippen molar-refractivity contribution in [2.75, 3.05) is 39.5 Å². The van der Waals surface area contributed by atoms with E-state index in [9.17, 15) is 9.59 Å². The molecule has 0 fully saturated rings. The Balaban J connectivity index is 1.99. The number of carbonyl (C=O) groups is 2. The SMILES string of the molecule is CCCCOCCOCCNC(=O)CCN[C@H](C=O)Cc1ccccc1. The van der Waals surface area contributed by atoms with Gasteiger partial charge < -0.3 is 24.9 Å². The first-order valence-corrected chi connectivity index (χ1v) is 9.41. The summed E-state index contributed by atoms with van der Waals surface area (Å²) in [5.41, 5.74) is 1.09. The van der Waals surface area contributed by atoms with Crippen LogP contribution in [0.5, 0.6) is 0 Å². The van der Waals surface area contributed by atoms with Gasteiger partial charge in [-0.2, -0.15) is 0 Å². The van der Waals surface area contributed by atoms with E-state index in [4.69, 9.17) is 9.47 Å². The van der Waals surface area contributed by atoms with Gasteiger partial charge in [-0.15, -0.1) is 0 Å². The van der Waals surface area contributed by atoms with Gasteiger partial charge in [-0.25, -0.2) is 0 Å². The van der Waals surface area contributed by atoms with E-state index in [1.807, 2.05) is 30.3 Å². The third kappa shape index (κ3) is 11.7. The number of nitrogens with one attached hydrogen (secondary N) is 2. The van der Waals surface area contributed by atoms with Crippen molar-refractivity contribution in [3.63, 3.8) is 0 Å². The monoisotopic (exact) mass is 364 g/mol. The van der Waals surface area contributed by atoms with Crippen molar-refractivity contribution in [1.82, 2.24) is 10.6 Å². The molecule has 0 heterocycles. The Morgan fingerprint density at radius 1 is 1.08 bits per heavy atom. The maximum absolute atomic E-state index is 11.8. The van der Waals surface area contributed by atoms with Gasteiger partial charge in [0, 0.05) is 26.1 Å². The summed E-state index contributed by atoms with van der Waals surface area (Å²) < 4.78 is 10.8. The highest BCUT2D eigenvalue weighted by molar-refractivity contribution is 5.76. The first-order valence-electron chi connectivity index (χ1n) is 9.41. The van der Waals surface area contributed by atoms with E-state index in [0.717, 1.165) is 31.3 Å². The zero-order valence-electron chi connectivity index (χ0n) is 15.7. The molecule has 0 spiro atoms. The summed E-state index contributed by atoms with van der Waals surface area (Å²) in [6.45, 7) is 5.45. The van der Waals surface area contributed by atoms with Gasteiger partial charge in [0.05, 0.1) is 25.9 Å². The second-order valence-electron chi connectivity index (χ2n) is 6.06. The second kappa shape index (κ2) is 15.5. The van der Waals surface area contributed by atoms with Gasteiger partial charge in [-0.05, 0) is 18.4 Å². The lowest BCUT2D eigenvalue weighted by Gasteiger charge is -2.13. The number of amides is 1. The molecule has 2 N–H and O–H groups in total. The van der Waals surface area contributed by atoms with Gasteiger partial charge in [0.1, 0.15) is 6.29 Å². The molecule has 0 aromatic heterocycles. The Kier molecular flexibility index (Phi) is 13.3. The van der Waals surface area contributed by atoms with Crippen LogP contribution in [0.3, 0.4) is 0 Å². The molecule has 0 saturated carbocycles. The van der Waals surface area contributed by atoms with Crippen molar-refractivity contribution in [3.05, 3.63) is 35.9 Å². The Morgan fingerprint density at radius 3 is 2.50 bits per heavy atom. The first-order chi connectivity index (χ1) is 12.8. The van der Waals surface area contributed by atoms with Gasteiger partial charge in [0.25, 0.3) is 0 Å². The number of unbranched alkanes of at least 4 members (excludes halogenated alkanes) is 1. The molecule has 0 aliphatic rings. The number of carbonyl (C=O) groups excluding carboxylic acids is 2. The maximum Gasteiger partial charge on any atom is 0.221 e. The van der Waals surface area contributed by atoms with Crippen LogP contribution in [-0.4, -0.2) is 57.8 Å². The zero-order valence-corrected chi connectivity index (χ0v) is 15.7. The average molecular weight is 364 g/mol. The molecule has 0 saturated heterocycles. The van der Waals surface area contributed by atoms with Crippen molar-refractivity contribution < 1.29 is 19.1 Å². The summed E-state index contributed by atoms with van der Waals surface area (Å²) in [6.07, 6.45) is 4.04. The Bertz CT molecular complexity index is 482. The van der Waals surface area contributed by atoms with E-state index in [0.29, 0.717) is 45.8 Å². The fraction of sp³-hybridized carbons (Fsp3) is 0.600. The Labute approximate surface area is 156 Å². The summed E-state index contributed by atoms with van der Waals surface area (Å²) in [6, 6.07) is 9.54. The van der Waals surface area contributed by atoms with Crippen LogP contribution in [0.1, 0.15) is 31.7 Å². The van der Waals surface area contributed by atoms with E-state index in [2.05, 4.69) is 17.6 Å². The van der Waals surface area contributed by atoms with Crippen molar-refractivity contribution in [1.29, 1.82) is 0 Å². The molecular weight excluding hydrogens is 332 g/mol. The standard InChI is InChI=1S/C20H32N2O4/c1-2-3-12-25-14-15-26-13-11-22-20(24)9-10-21-19(17-23)16-18-7-5-4-6-8-18/h4-8,17,19,21H,2-3,9-16H2,1H3,(H,22,24)/t19-/m0/s1. The smallest absolute Gasteiger partial charge is 0.221 e. The number of ether oxygens (including phenoxy) is 2. The van der Waals surface area contributed by atoms with E-state index in [1.165, 1.54) is 0 Å². The van der Waals surface area contributed by atoms with Gasteiger partial charge >= 0.3 is 0 Å². The lowest BCUT2D eigenvalue weighted by atomic mass is 10.1. The largest absolute Gasteiger partial charge is 0.379 e. The number of benzene rings is 1. The van der Waals surface area contributed by atoms with Crippen LogP contribution >= 0.6 is 0 Å². The summed E-state index contributed by atoms with van der Waals surface area (Å²) in [5, 5.41) is 5.91. The average Bonchev–Trinajstić information content (AvgIpc) is 2.66. The molecular formula is C20H32N2O4. The Hall–Kier alpha value is -1.76. The fourth-order valence-electron chi connectivity index (χ4n) is 2.33. The fourth-order valence-corrected chi connectivity index (χ4v) is 2.33. The number of hydrogen-bond donors (Lipinski definition) is 2. The molecule has 6 nitrogen and oxygen atoms in total. The van der Waals surface area contributed by atoms with Crippen LogP contribution in [0, 0.1) is 0 Å². The molecule has 26 heavy (non-hydrogen) atoms. The van der Waals surface area contributed by atoms with E-state index < -0.39 is 0 Å². The normalized spacial score (nSPS) is 11.9. The highest BCUT2D eigenvalue weighted by atomic mass is 16.5. The molecule has 6 heteroatoms. The van der Waals surface area contributed by atoms with Crippen molar-refractivity contribution in [3.8, 4) is 0 Å². The molecule has 1 atom stereocenters. The minimum atomic E-state index is -0.277. The highest BCUT2D eigenvalue weighted by Crippen LogP contribution is 2.01. The summed E-state index contributed by atoms with van der Waals surface area (Å²) >= 11 is 0. The highest BCUT2D eigenvalue weighted by Gasteiger charge is 2.08. The van der Waals surface area contributed by atoms with E-state index >= 15 is 0 Å². The van der Waals surface area contributed by atoms with Crippen molar-refractivity contribution in [2.24, 2.45) is 0 Å². The molecule has 0 radical (unpaired) electrons. The third-order valence-corrected chi connectivity index (χ3v) is 3.80. The molecule has 1 aromatic carbocycles. The van der Waals surface area contributed by atoms with Crippen molar-refractivity contribution in [2.45, 2.75) is 38.6 Å². The van der Waals surface area contributed by atoms with Crippen LogP contribution in [0.2, 0.25) is 0 Å². The quantitative estimate of drug-likeness (QED) is 0.345. The summed E-state index contributed by atoms with van der Waals surface area (Å²) in [7, 11) is 0. The van der Waals surface area contributed by atoms with Gasteiger partial charge in [0.2, 0.25) is 5.91 Å². The lowest BCUT2D eigenvalue weighted by Crippen LogP contribution is -2.36. The molecule has 146 valence electrons. The first kappa shape index (κ1) is 22.3. The zero-order chi connectivity index (χ0) is 18.9. The van der Waals surface area contributed by atoms with Crippen LogP contribution in [-0.2, 0) is 25.5 Å². The lowest BCUT2D eigenvalue weighted by molar-refractivity contribution is -0.121. The van der Waals surface area contributed by atoms with Gasteiger partial charge in [-0.3, -0.25) is 4.79 Å². The topological polar surface area (TPSA) is 76.7 Å². The van der Waals surface area contributed by atoms with Crippen LogP contribution in [0.25, 0.3) is 0 Å². The molecule has 0 unspecified atom stereocenters. The number of aldehydes is 1. The Morgan fingerprint density at radius 2 is 1.81 bits per heavy atom. The molecule has 0 aliphatic heterocycles.